The fourth-order valence-corrected chi connectivity index (χ4v) is 3.04. The molecule has 0 saturated carbocycles. The lowest BCUT2D eigenvalue weighted by atomic mass is 10.00. The standard InChI is InChI=1S/C23H20N2O5/c1-16-20(12-7-13-21(16)25(28)29)24-22(26)15-30-23(27)19-11-6-5-10-18(19)14-17-8-3-2-4-9-17/h2-13H,14-15H2,1H3,(H,24,26). The molecule has 0 aliphatic carbocycles. The summed E-state index contributed by atoms with van der Waals surface area (Å²) in [5.41, 5.74) is 2.77. The predicted octanol–water partition coefficient (Wildman–Crippen LogP) is 4.29. The minimum atomic E-state index is -0.604. The van der Waals surface area contributed by atoms with Crippen molar-refractivity contribution in [2.24, 2.45) is 0 Å². The lowest BCUT2D eigenvalue weighted by molar-refractivity contribution is -0.385. The van der Waals surface area contributed by atoms with Crippen molar-refractivity contribution in [1.29, 1.82) is 0 Å². The quantitative estimate of drug-likeness (QED) is 0.360. The molecule has 30 heavy (non-hydrogen) atoms. The first-order chi connectivity index (χ1) is 14.5. The molecule has 3 aromatic rings. The van der Waals surface area contributed by atoms with E-state index in [1.165, 1.54) is 12.1 Å². The average Bonchev–Trinajstić information content (AvgIpc) is 2.74. The predicted molar refractivity (Wildman–Crippen MR) is 112 cm³/mol. The van der Waals surface area contributed by atoms with Gasteiger partial charge >= 0.3 is 5.97 Å². The smallest absolute Gasteiger partial charge is 0.338 e. The number of carbonyl (C=O) groups is 2. The van der Waals surface area contributed by atoms with Gasteiger partial charge in [0.15, 0.2) is 6.61 Å². The maximum atomic E-state index is 12.5. The first-order valence-corrected chi connectivity index (χ1v) is 9.28. The molecule has 0 unspecified atom stereocenters. The molecule has 0 heterocycles. The Morgan fingerprint density at radius 1 is 0.967 bits per heavy atom. The van der Waals surface area contributed by atoms with Crippen LogP contribution in [0.3, 0.4) is 0 Å². The number of carbonyl (C=O) groups excluding carboxylic acids is 2. The molecule has 0 radical (unpaired) electrons. The zero-order chi connectivity index (χ0) is 21.5. The highest BCUT2D eigenvalue weighted by Crippen LogP contribution is 2.25. The lowest BCUT2D eigenvalue weighted by Gasteiger charge is -2.11. The number of nitro groups is 1. The average molecular weight is 404 g/mol. The van der Waals surface area contributed by atoms with Crippen molar-refractivity contribution >= 4 is 23.3 Å². The number of amides is 1. The monoisotopic (exact) mass is 404 g/mol. The molecular formula is C23H20N2O5. The van der Waals surface area contributed by atoms with Crippen molar-refractivity contribution in [3.8, 4) is 0 Å². The van der Waals surface area contributed by atoms with E-state index in [0.717, 1.165) is 11.1 Å². The van der Waals surface area contributed by atoms with Crippen molar-refractivity contribution < 1.29 is 19.2 Å². The fourth-order valence-electron chi connectivity index (χ4n) is 3.04. The van der Waals surface area contributed by atoms with Crippen LogP contribution in [0.25, 0.3) is 0 Å². The lowest BCUT2D eigenvalue weighted by Crippen LogP contribution is -2.22. The molecular weight excluding hydrogens is 384 g/mol. The van der Waals surface area contributed by atoms with E-state index < -0.39 is 23.4 Å². The van der Waals surface area contributed by atoms with Gasteiger partial charge < -0.3 is 10.1 Å². The molecule has 3 rings (SSSR count). The fraction of sp³-hybridized carbons (Fsp3) is 0.130. The van der Waals surface area contributed by atoms with Gasteiger partial charge in [0.25, 0.3) is 11.6 Å². The van der Waals surface area contributed by atoms with E-state index in [1.54, 1.807) is 25.1 Å². The van der Waals surface area contributed by atoms with E-state index in [0.29, 0.717) is 23.2 Å². The van der Waals surface area contributed by atoms with Crippen molar-refractivity contribution in [2.45, 2.75) is 13.3 Å². The molecule has 7 heteroatoms. The van der Waals surface area contributed by atoms with E-state index in [9.17, 15) is 19.7 Å². The maximum Gasteiger partial charge on any atom is 0.338 e. The maximum absolute atomic E-state index is 12.5. The number of nitrogens with zero attached hydrogens (tertiary/aromatic N) is 1. The molecule has 0 saturated heterocycles. The highest BCUT2D eigenvalue weighted by Gasteiger charge is 2.17. The van der Waals surface area contributed by atoms with Crippen LogP contribution in [0.1, 0.15) is 27.0 Å². The van der Waals surface area contributed by atoms with Crippen LogP contribution >= 0.6 is 0 Å². The number of ether oxygens (including phenoxy) is 1. The molecule has 3 aromatic carbocycles. The van der Waals surface area contributed by atoms with E-state index in [-0.39, 0.29) is 5.69 Å². The van der Waals surface area contributed by atoms with Crippen molar-refractivity contribution in [2.75, 3.05) is 11.9 Å². The van der Waals surface area contributed by atoms with Crippen molar-refractivity contribution in [1.82, 2.24) is 0 Å². The summed E-state index contributed by atoms with van der Waals surface area (Å²) < 4.78 is 5.17. The molecule has 0 aliphatic rings. The van der Waals surface area contributed by atoms with E-state index >= 15 is 0 Å². The van der Waals surface area contributed by atoms with Gasteiger partial charge in [-0.15, -0.1) is 0 Å². The largest absolute Gasteiger partial charge is 0.452 e. The van der Waals surface area contributed by atoms with E-state index in [4.69, 9.17) is 4.74 Å². The summed E-state index contributed by atoms with van der Waals surface area (Å²) in [7, 11) is 0. The van der Waals surface area contributed by atoms with Crippen molar-refractivity contribution in [3.63, 3.8) is 0 Å². The number of anilines is 1. The molecule has 0 atom stereocenters. The van der Waals surface area contributed by atoms with Crippen LogP contribution in [0, 0.1) is 17.0 Å². The first kappa shape index (κ1) is 20.7. The van der Waals surface area contributed by atoms with E-state index in [1.807, 2.05) is 42.5 Å². The number of hydrogen-bond donors (Lipinski definition) is 1. The minimum absolute atomic E-state index is 0.0976. The van der Waals surface area contributed by atoms with Gasteiger partial charge in [-0.2, -0.15) is 0 Å². The van der Waals surface area contributed by atoms with Crippen molar-refractivity contribution in [3.05, 3.63) is 105 Å². The van der Waals surface area contributed by atoms with E-state index in [2.05, 4.69) is 5.32 Å². The molecule has 1 N–H and O–H groups in total. The van der Waals surface area contributed by atoms with Gasteiger partial charge in [0.1, 0.15) is 0 Å². The summed E-state index contributed by atoms with van der Waals surface area (Å²) in [6.07, 6.45) is 0.561. The Balaban J connectivity index is 1.64. The number of esters is 1. The molecule has 0 spiro atoms. The Kier molecular flexibility index (Phi) is 6.54. The number of nitrogens with one attached hydrogen (secondary N) is 1. The topological polar surface area (TPSA) is 98.5 Å². The third-order valence-electron chi connectivity index (χ3n) is 4.59. The Morgan fingerprint density at radius 2 is 1.67 bits per heavy atom. The number of hydrogen-bond acceptors (Lipinski definition) is 5. The van der Waals surface area contributed by atoms with Crippen LogP contribution in [0.4, 0.5) is 11.4 Å². The highest BCUT2D eigenvalue weighted by atomic mass is 16.6. The SMILES string of the molecule is Cc1c(NC(=O)COC(=O)c2ccccc2Cc2ccccc2)cccc1[N+](=O)[O-]. The second-order valence-corrected chi connectivity index (χ2v) is 6.65. The number of benzene rings is 3. The summed E-state index contributed by atoms with van der Waals surface area (Å²) in [4.78, 5) is 35.2. The van der Waals surface area contributed by atoms with Gasteiger partial charge in [0.05, 0.1) is 21.7 Å². The third kappa shape index (κ3) is 5.08. The Bertz CT molecular complexity index is 1080. The Hall–Kier alpha value is -4.00. The Morgan fingerprint density at radius 3 is 2.40 bits per heavy atom. The third-order valence-corrected chi connectivity index (χ3v) is 4.59. The van der Waals surface area contributed by atoms with Gasteiger partial charge in [0.2, 0.25) is 0 Å². The van der Waals surface area contributed by atoms with Crippen LogP contribution in [0.5, 0.6) is 0 Å². The van der Waals surface area contributed by atoms with Crippen LogP contribution in [0.15, 0.2) is 72.8 Å². The van der Waals surface area contributed by atoms with Gasteiger partial charge in [-0.3, -0.25) is 14.9 Å². The highest BCUT2D eigenvalue weighted by molar-refractivity contribution is 5.96. The summed E-state index contributed by atoms with van der Waals surface area (Å²) >= 11 is 0. The zero-order valence-corrected chi connectivity index (χ0v) is 16.3. The molecule has 0 aromatic heterocycles. The van der Waals surface area contributed by atoms with Crippen LogP contribution in [0.2, 0.25) is 0 Å². The van der Waals surface area contributed by atoms with Gasteiger partial charge in [0, 0.05) is 6.07 Å². The summed E-state index contributed by atoms with van der Waals surface area (Å²) in [5, 5.41) is 13.6. The second kappa shape index (κ2) is 9.47. The van der Waals surface area contributed by atoms with Gasteiger partial charge in [-0.1, -0.05) is 54.6 Å². The van der Waals surface area contributed by atoms with Crippen LogP contribution in [-0.2, 0) is 16.0 Å². The minimum Gasteiger partial charge on any atom is -0.452 e. The summed E-state index contributed by atoms with van der Waals surface area (Å²) in [6.45, 7) is 1.04. The summed E-state index contributed by atoms with van der Waals surface area (Å²) in [5.74, 6) is -1.18. The molecule has 1 amide bonds. The Labute approximate surface area is 173 Å². The van der Waals surface area contributed by atoms with Gasteiger partial charge in [-0.25, -0.2) is 4.79 Å². The first-order valence-electron chi connectivity index (χ1n) is 9.28. The van der Waals surface area contributed by atoms with Crippen LogP contribution < -0.4 is 5.32 Å². The number of rotatable bonds is 7. The summed E-state index contributed by atoms with van der Waals surface area (Å²) in [6, 6.07) is 21.2. The number of nitro benzene ring substituents is 1. The molecule has 0 fully saturated rings. The molecule has 0 aliphatic heterocycles. The zero-order valence-electron chi connectivity index (χ0n) is 16.3. The molecule has 0 bridgehead atoms. The van der Waals surface area contributed by atoms with Crippen LogP contribution in [-0.4, -0.2) is 23.4 Å². The molecule has 152 valence electrons. The normalized spacial score (nSPS) is 10.3. The second-order valence-electron chi connectivity index (χ2n) is 6.65. The molecule has 7 nitrogen and oxygen atoms in total. The van der Waals surface area contributed by atoms with Gasteiger partial charge in [-0.05, 0) is 36.6 Å².